The van der Waals surface area contributed by atoms with E-state index in [0.717, 1.165) is 0 Å². The van der Waals surface area contributed by atoms with E-state index < -0.39 is 49.6 Å². The standard InChI is InChI=1S/C15H32O6Si3/c1-22(2,3)19-12-10-11(17-14(12)16)13(20-23(4,5)6)15(18-10)21-24(7,8)9/h10-13,15H,1-9H3. The van der Waals surface area contributed by atoms with Gasteiger partial charge in [-0.15, -0.1) is 0 Å². The van der Waals surface area contributed by atoms with Crippen molar-refractivity contribution >= 4 is 30.9 Å². The molecule has 5 unspecified atom stereocenters. The van der Waals surface area contributed by atoms with Crippen molar-refractivity contribution in [3.8, 4) is 0 Å². The molecule has 2 aliphatic heterocycles. The summed E-state index contributed by atoms with van der Waals surface area (Å²) in [4.78, 5) is 12.3. The molecule has 0 aliphatic carbocycles. The molecule has 0 aromatic rings. The van der Waals surface area contributed by atoms with Gasteiger partial charge in [0.2, 0.25) is 0 Å². The first-order valence-corrected chi connectivity index (χ1v) is 18.8. The lowest BCUT2D eigenvalue weighted by atomic mass is 10.1. The molecule has 0 radical (unpaired) electrons. The fraction of sp³-hybridized carbons (Fsp3) is 0.933. The van der Waals surface area contributed by atoms with Crippen LogP contribution in [0, 0.1) is 0 Å². The SMILES string of the molecule is C[Si](C)(C)OC1OC2C(O[Si](C)(C)C)C(=O)OC2C1O[Si](C)(C)C. The van der Waals surface area contributed by atoms with Gasteiger partial charge in [0.1, 0.15) is 12.2 Å². The first kappa shape index (κ1) is 20.3. The minimum absolute atomic E-state index is 0.344. The second-order valence-corrected chi connectivity index (χ2v) is 22.8. The molecule has 2 heterocycles. The molecule has 2 aliphatic rings. The van der Waals surface area contributed by atoms with Crippen LogP contribution in [0.15, 0.2) is 0 Å². The first-order valence-electron chi connectivity index (χ1n) is 8.56. The summed E-state index contributed by atoms with van der Waals surface area (Å²) >= 11 is 0. The minimum atomic E-state index is -1.91. The molecular formula is C15H32O6Si3. The highest BCUT2D eigenvalue weighted by atomic mass is 28.4. The fourth-order valence-corrected chi connectivity index (χ4v) is 5.78. The van der Waals surface area contributed by atoms with Crippen LogP contribution < -0.4 is 0 Å². The summed E-state index contributed by atoms with van der Waals surface area (Å²) in [5, 5.41) is 0. The number of carbonyl (C=O) groups is 1. The largest absolute Gasteiger partial charge is 0.455 e. The van der Waals surface area contributed by atoms with E-state index in [9.17, 15) is 4.79 Å². The molecule has 0 amide bonds. The number of fused-ring (bicyclic) bond motifs is 1. The Labute approximate surface area is 148 Å². The van der Waals surface area contributed by atoms with Crippen LogP contribution >= 0.6 is 0 Å². The van der Waals surface area contributed by atoms with Gasteiger partial charge in [0.15, 0.2) is 43.5 Å². The molecular weight excluding hydrogens is 360 g/mol. The number of hydrogen-bond acceptors (Lipinski definition) is 6. The molecule has 0 bridgehead atoms. The molecule has 9 heteroatoms. The zero-order chi connectivity index (χ0) is 18.5. The van der Waals surface area contributed by atoms with Gasteiger partial charge in [-0.1, -0.05) is 0 Å². The Bertz CT molecular complexity index is 479. The molecule has 0 N–H and O–H groups in total. The van der Waals surface area contributed by atoms with Crippen LogP contribution in [0.25, 0.3) is 0 Å². The third-order valence-corrected chi connectivity index (χ3v) is 6.31. The maximum absolute atomic E-state index is 12.3. The molecule has 6 nitrogen and oxygen atoms in total. The molecule has 0 spiro atoms. The van der Waals surface area contributed by atoms with E-state index in [4.69, 9.17) is 22.8 Å². The first-order chi connectivity index (χ1) is 10.7. The van der Waals surface area contributed by atoms with E-state index in [-0.39, 0.29) is 12.1 Å². The van der Waals surface area contributed by atoms with Crippen LogP contribution in [-0.2, 0) is 27.5 Å². The zero-order valence-corrected chi connectivity index (χ0v) is 19.3. The summed E-state index contributed by atoms with van der Waals surface area (Å²) in [7, 11) is -5.60. The quantitative estimate of drug-likeness (QED) is 0.511. The van der Waals surface area contributed by atoms with Crippen molar-refractivity contribution in [3.05, 3.63) is 0 Å². The smallest absolute Gasteiger partial charge is 0.337 e. The van der Waals surface area contributed by atoms with Gasteiger partial charge in [-0.25, -0.2) is 4.79 Å². The van der Waals surface area contributed by atoms with Gasteiger partial charge >= 0.3 is 5.97 Å². The number of hydrogen-bond donors (Lipinski definition) is 0. The van der Waals surface area contributed by atoms with Crippen LogP contribution in [0.3, 0.4) is 0 Å². The Morgan fingerprint density at radius 3 is 1.71 bits per heavy atom. The fourth-order valence-electron chi connectivity index (χ4n) is 2.83. The maximum Gasteiger partial charge on any atom is 0.337 e. The molecule has 0 aromatic heterocycles. The lowest BCUT2D eigenvalue weighted by molar-refractivity contribution is -0.161. The normalized spacial score (nSPS) is 34.4. The molecule has 2 fully saturated rings. The summed E-state index contributed by atoms with van der Waals surface area (Å²) < 4.78 is 30.2. The highest BCUT2D eigenvalue weighted by molar-refractivity contribution is 6.70. The van der Waals surface area contributed by atoms with Crippen molar-refractivity contribution in [2.24, 2.45) is 0 Å². The zero-order valence-electron chi connectivity index (χ0n) is 16.3. The van der Waals surface area contributed by atoms with Crippen LogP contribution in [0.5, 0.6) is 0 Å². The van der Waals surface area contributed by atoms with Crippen LogP contribution in [0.1, 0.15) is 0 Å². The second-order valence-electron chi connectivity index (χ2n) is 9.45. The van der Waals surface area contributed by atoms with Gasteiger partial charge < -0.3 is 22.8 Å². The van der Waals surface area contributed by atoms with Gasteiger partial charge in [-0.05, 0) is 58.9 Å². The Kier molecular flexibility index (Phi) is 5.58. The van der Waals surface area contributed by atoms with E-state index in [0.29, 0.717) is 0 Å². The summed E-state index contributed by atoms with van der Waals surface area (Å²) in [6, 6.07) is 0. The van der Waals surface area contributed by atoms with Crippen LogP contribution in [0.2, 0.25) is 58.9 Å². The van der Waals surface area contributed by atoms with E-state index in [1.165, 1.54) is 0 Å². The Morgan fingerprint density at radius 1 is 0.750 bits per heavy atom. The van der Waals surface area contributed by atoms with Gasteiger partial charge in [0, 0.05) is 0 Å². The van der Waals surface area contributed by atoms with Gasteiger partial charge in [0.05, 0.1) is 0 Å². The van der Waals surface area contributed by atoms with E-state index in [1.54, 1.807) is 0 Å². The molecule has 0 saturated carbocycles. The maximum atomic E-state index is 12.3. The lowest BCUT2D eigenvalue weighted by Gasteiger charge is -2.32. The van der Waals surface area contributed by atoms with E-state index >= 15 is 0 Å². The third kappa shape index (κ3) is 5.23. The average Bonchev–Trinajstić information content (AvgIpc) is 2.74. The third-order valence-electron chi connectivity index (χ3n) is 3.43. The lowest BCUT2D eigenvalue weighted by Crippen LogP contribution is -2.46. The van der Waals surface area contributed by atoms with Crippen LogP contribution in [-0.4, -0.2) is 61.6 Å². The van der Waals surface area contributed by atoms with Gasteiger partial charge in [-0.2, -0.15) is 0 Å². The van der Waals surface area contributed by atoms with Crippen molar-refractivity contribution in [1.29, 1.82) is 0 Å². The summed E-state index contributed by atoms with van der Waals surface area (Å²) in [5.41, 5.74) is 0. The predicted octanol–water partition coefficient (Wildman–Crippen LogP) is 2.93. The highest BCUT2D eigenvalue weighted by Crippen LogP contribution is 2.38. The number of ether oxygens (including phenoxy) is 2. The summed E-state index contributed by atoms with van der Waals surface area (Å²) in [6.07, 6.45) is -2.46. The molecule has 24 heavy (non-hydrogen) atoms. The van der Waals surface area contributed by atoms with Crippen molar-refractivity contribution < 1.29 is 27.5 Å². The highest BCUT2D eigenvalue weighted by Gasteiger charge is 2.60. The van der Waals surface area contributed by atoms with Crippen molar-refractivity contribution in [2.75, 3.05) is 0 Å². The minimum Gasteiger partial charge on any atom is -0.455 e. The van der Waals surface area contributed by atoms with E-state index in [1.807, 2.05) is 0 Å². The molecule has 0 aromatic carbocycles. The summed E-state index contributed by atoms with van der Waals surface area (Å²) in [6.45, 7) is 18.8. The van der Waals surface area contributed by atoms with Crippen molar-refractivity contribution in [3.63, 3.8) is 0 Å². The Morgan fingerprint density at radius 2 is 1.25 bits per heavy atom. The number of carbonyl (C=O) groups excluding carboxylic acids is 1. The molecule has 2 rings (SSSR count). The predicted molar refractivity (Wildman–Crippen MR) is 99.4 cm³/mol. The summed E-state index contributed by atoms with van der Waals surface area (Å²) in [5.74, 6) is -0.344. The van der Waals surface area contributed by atoms with E-state index in [2.05, 4.69) is 58.9 Å². The average molecular weight is 393 g/mol. The Balaban J connectivity index is 2.23. The molecule has 2 saturated heterocycles. The number of esters is 1. The second kappa shape index (κ2) is 6.60. The van der Waals surface area contributed by atoms with Crippen LogP contribution in [0.4, 0.5) is 0 Å². The van der Waals surface area contributed by atoms with Gasteiger partial charge in [0.25, 0.3) is 0 Å². The molecule has 140 valence electrons. The van der Waals surface area contributed by atoms with Crippen molar-refractivity contribution in [1.82, 2.24) is 0 Å². The topological polar surface area (TPSA) is 63.2 Å². The monoisotopic (exact) mass is 392 g/mol. The van der Waals surface area contributed by atoms with Crippen molar-refractivity contribution in [2.45, 2.75) is 89.6 Å². The Hall–Kier alpha value is -0.0394. The van der Waals surface area contributed by atoms with Gasteiger partial charge in [-0.3, -0.25) is 0 Å². The molecule has 5 atom stereocenters. The number of rotatable bonds is 6.